The fourth-order valence-corrected chi connectivity index (χ4v) is 4.72. The lowest BCUT2D eigenvalue weighted by atomic mass is 10.1. The molecule has 1 aromatic carbocycles. The van der Waals surface area contributed by atoms with Crippen molar-refractivity contribution in [1.82, 2.24) is 4.98 Å². The van der Waals surface area contributed by atoms with E-state index in [4.69, 9.17) is 9.83 Å². The number of aryl methyl sites for hydroxylation is 1. The predicted molar refractivity (Wildman–Crippen MR) is 109 cm³/mol. The summed E-state index contributed by atoms with van der Waals surface area (Å²) in [6, 6.07) is 8.06. The molecule has 3 heterocycles. The number of thiazole rings is 1. The van der Waals surface area contributed by atoms with Crippen LogP contribution in [0.25, 0.3) is 17.4 Å². The third kappa shape index (κ3) is 3.30. The summed E-state index contributed by atoms with van der Waals surface area (Å²) in [5.41, 5.74) is 1.49. The van der Waals surface area contributed by atoms with E-state index in [1.165, 1.54) is 23.5 Å². The van der Waals surface area contributed by atoms with Crippen LogP contribution in [0.4, 0.5) is 5.69 Å². The Morgan fingerprint density at radius 1 is 1.32 bits per heavy atom. The minimum absolute atomic E-state index is 0.0230. The third-order valence-corrected chi connectivity index (χ3v) is 6.11. The molecule has 140 valence electrons. The standard InChI is InChI=1S/C19H13N3O4S2/c1-10-8-11(22(24)25)2-4-13(10)14-5-3-12(26-14)9-15-17(23)16(18(20)28-15)19-21-6-7-27-19/h2-9,16,20H,1H3. The number of furan rings is 1. The molecule has 1 aliphatic heterocycles. The van der Waals surface area contributed by atoms with Gasteiger partial charge in [0.2, 0.25) is 0 Å². The SMILES string of the molecule is Cc1cc([N+](=O)[O-])ccc1-c1ccc(C=C2SC(=N)C(c3nccs3)C2=O)o1. The van der Waals surface area contributed by atoms with Gasteiger partial charge in [0.25, 0.3) is 5.69 Å². The second-order valence-electron chi connectivity index (χ2n) is 6.10. The van der Waals surface area contributed by atoms with Gasteiger partial charge < -0.3 is 4.42 Å². The van der Waals surface area contributed by atoms with Gasteiger partial charge in [0.1, 0.15) is 22.4 Å². The fourth-order valence-electron chi connectivity index (χ4n) is 2.93. The number of allylic oxidation sites excluding steroid dienone is 1. The quantitative estimate of drug-likeness (QED) is 0.366. The first-order valence-corrected chi connectivity index (χ1v) is 9.90. The summed E-state index contributed by atoms with van der Waals surface area (Å²) in [4.78, 5) is 27.7. The molecular formula is C19H13N3O4S2. The zero-order valence-electron chi connectivity index (χ0n) is 14.5. The molecule has 0 radical (unpaired) electrons. The Bertz CT molecular complexity index is 1130. The minimum Gasteiger partial charge on any atom is -0.457 e. The molecule has 1 atom stereocenters. The number of nitrogens with one attached hydrogen (secondary N) is 1. The largest absolute Gasteiger partial charge is 0.457 e. The molecule has 0 saturated carbocycles. The zero-order valence-corrected chi connectivity index (χ0v) is 16.2. The molecule has 0 amide bonds. The Morgan fingerprint density at radius 2 is 2.14 bits per heavy atom. The number of aromatic nitrogens is 1. The number of non-ortho nitro benzene ring substituents is 1. The topological polar surface area (TPSA) is 110 Å². The highest BCUT2D eigenvalue weighted by atomic mass is 32.2. The Morgan fingerprint density at radius 3 is 2.82 bits per heavy atom. The number of thioether (sulfide) groups is 1. The zero-order chi connectivity index (χ0) is 19.8. The molecule has 0 bridgehead atoms. The molecule has 1 saturated heterocycles. The van der Waals surface area contributed by atoms with Gasteiger partial charge >= 0.3 is 0 Å². The molecule has 1 aliphatic rings. The highest BCUT2D eigenvalue weighted by molar-refractivity contribution is 8.19. The van der Waals surface area contributed by atoms with Crippen LogP contribution >= 0.6 is 23.1 Å². The molecule has 7 nitrogen and oxygen atoms in total. The number of nitro groups is 1. The average molecular weight is 411 g/mol. The molecular weight excluding hydrogens is 398 g/mol. The van der Waals surface area contributed by atoms with E-state index in [-0.39, 0.29) is 16.5 Å². The average Bonchev–Trinajstić information content (AvgIpc) is 3.37. The van der Waals surface area contributed by atoms with Crippen LogP contribution in [0.1, 0.15) is 22.2 Å². The van der Waals surface area contributed by atoms with Gasteiger partial charge in [0, 0.05) is 29.3 Å². The van der Waals surface area contributed by atoms with Crippen molar-refractivity contribution in [1.29, 1.82) is 5.41 Å². The van der Waals surface area contributed by atoms with Crippen LogP contribution in [0.3, 0.4) is 0 Å². The number of carbonyl (C=O) groups is 1. The van der Waals surface area contributed by atoms with Crippen molar-refractivity contribution in [3.63, 3.8) is 0 Å². The second kappa shape index (κ2) is 7.17. The van der Waals surface area contributed by atoms with Crippen molar-refractivity contribution >= 4 is 45.7 Å². The number of nitrogens with zero attached hydrogens (tertiary/aromatic N) is 2. The molecule has 28 heavy (non-hydrogen) atoms. The van der Waals surface area contributed by atoms with Crippen molar-refractivity contribution in [3.05, 3.63) is 73.3 Å². The normalized spacial score (nSPS) is 18.2. The monoisotopic (exact) mass is 411 g/mol. The first kappa shape index (κ1) is 18.3. The summed E-state index contributed by atoms with van der Waals surface area (Å²) in [5, 5.41) is 21.7. The van der Waals surface area contributed by atoms with Crippen molar-refractivity contribution in [2.75, 3.05) is 0 Å². The molecule has 3 aromatic rings. The van der Waals surface area contributed by atoms with Gasteiger partial charge in [0.15, 0.2) is 5.78 Å². The summed E-state index contributed by atoms with van der Waals surface area (Å²) in [5.74, 6) is 0.245. The maximum absolute atomic E-state index is 12.7. The molecule has 0 aliphatic carbocycles. The van der Waals surface area contributed by atoms with E-state index in [0.717, 1.165) is 22.9 Å². The van der Waals surface area contributed by atoms with Crippen LogP contribution in [0.15, 0.2) is 51.2 Å². The van der Waals surface area contributed by atoms with E-state index in [0.29, 0.717) is 21.4 Å². The lowest BCUT2D eigenvalue weighted by molar-refractivity contribution is -0.384. The predicted octanol–water partition coefficient (Wildman–Crippen LogP) is 5.04. The minimum atomic E-state index is -0.636. The highest BCUT2D eigenvalue weighted by Crippen LogP contribution is 2.41. The Balaban J connectivity index is 1.61. The van der Waals surface area contributed by atoms with Crippen molar-refractivity contribution in [2.24, 2.45) is 0 Å². The van der Waals surface area contributed by atoms with Gasteiger partial charge in [-0.3, -0.25) is 20.3 Å². The van der Waals surface area contributed by atoms with Crippen LogP contribution in [0, 0.1) is 22.4 Å². The number of carbonyl (C=O) groups excluding carboxylic acids is 1. The Kier molecular flexibility index (Phi) is 4.70. The van der Waals surface area contributed by atoms with Gasteiger partial charge in [0.05, 0.1) is 14.9 Å². The molecule has 1 N–H and O–H groups in total. The van der Waals surface area contributed by atoms with Crippen LogP contribution in [0.2, 0.25) is 0 Å². The maximum Gasteiger partial charge on any atom is 0.269 e. The van der Waals surface area contributed by atoms with Crippen molar-refractivity contribution in [3.8, 4) is 11.3 Å². The fraction of sp³-hybridized carbons (Fsp3) is 0.105. The van der Waals surface area contributed by atoms with Gasteiger partial charge in [-0.1, -0.05) is 11.8 Å². The van der Waals surface area contributed by atoms with Crippen LogP contribution in [-0.4, -0.2) is 20.7 Å². The third-order valence-electron chi connectivity index (χ3n) is 4.27. The Labute approximate surface area is 167 Å². The van der Waals surface area contributed by atoms with E-state index >= 15 is 0 Å². The number of benzene rings is 1. The summed E-state index contributed by atoms with van der Waals surface area (Å²) < 4.78 is 5.83. The molecule has 4 rings (SSSR count). The smallest absolute Gasteiger partial charge is 0.269 e. The van der Waals surface area contributed by atoms with Crippen molar-refractivity contribution < 1.29 is 14.1 Å². The number of hydrogen-bond donors (Lipinski definition) is 1. The van der Waals surface area contributed by atoms with Crippen LogP contribution in [0.5, 0.6) is 0 Å². The van der Waals surface area contributed by atoms with E-state index in [1.807, 2.05) is 0 Å². The first-order valence-electron chi connectivity index (χ1n) is 8.21. The van der Waals surface area contributed by atoms with Gasteiger partial charge in [-0.15, -0.1) is 11.3 Å². The summed E-state index contributed by atoms with van der Waals surface area (Å²) >= 11 is 2.47. The van der Waals surface area contributed by atoms with Crippen molar-refractivity contribution in [2.45, 2.75) is 12.8 Å². The Hall–Kier alpha value is -3.04. The number of rotatable bonds is 4. The first-order chi connectivity index (χ1) is 13.4. The van der Waals surface area contributed by atoms with E-state index in [9.17, 15) is 14.9 Å². The number of Topliss-reactive ketones (excluding diaryl/α,β-unsaturated/α-hetero) is 1. The van der Waals surface area contributed by atoms with E-state index in [1.54, 1.807) is 42.8 Å². The molecule has 2 aromatic heterocycles. The van der Waals surface area contributed by atoms with Gasteiger partial charge in [-0.25, -0.2) is 4.98 Å². The molecule has 9 heteroatoms. The summed E-state index contributed by atoms with van der Waals surface area (Å²) in [7, 11) is 0. The number of nitro benzene ring substituents is 1. The molecule has 1 fully saturated rings. The summed E-state index contributed by atoms with van der Waals surface area (Å²) in [6.45, 7) is 1.78. The number of hydrogen-bond acceptors (Lipinski definition) is 8. The van der Waals surface area contributed by atoms with Gasteiger partial charge in [-0.05, 0) is 36.8 Å². The molecule has 0 spiro atoms. The lowest BCUT2D eigenvalue weighted by Crippen LogP contribution is -2.11. The number of ketones is 1. The lowest BCUT2D eigenvalue weighted by Gasteiger charge is -2.02. The highest BCUT2D eigenvalue weighted by Gasteiger charge is 2.38. The second-order valence-corrected chi connectivity index (χ2v) is 8.11. The van der Waals surface area contributed by atoms with Gasteiger partial charge in [-0.2, -0.15) is 0 Å². The molecule has 1 unspecified atom stereocenters. The maximum atomic E-state index is 12.7. The van der Waals surface area contributed by atoms with E-state index < -0.39 is 10.8 Å². The summed E-state index contributed by atoms with van der Waals surface area (Å²) in [6.07, 6.45) is 3.25. The van der Waals surface area contributed by atoms with Crippen LogP contribution in [-0.2, 0) is 4.79 Å². The van der Waals surface area contributed by atoms with E-state index in [2.05, 4.69) is 4.98 Å². The van der Waals surface area contributed by atoms with Crippen LogP contribution < -0.4 is 0 Å².